The van der Waals surface area contributed by atoms with E-state index in [9.17, 15) is 13.2 Å². The SMILES string of the molecule is CNC(CN(C)C)c1cccc(C(F)(F)F)c1. The first kappa shape index (κ1) is 14.0. The van der Waals surface area contributed by atoms with E-state index in [1.54, 1.807) is 13.1 Å². The summed E-state index contributed by atoms with van der Waals surface area (Å²) >= 11 is 0. The summed E-state index contributed by atoms with van der Waals surface area (Å²) in [4.78, 5) is 1.93. The molecule has 96 valence electrons. The summed E-state index contributed by atoms with van der Waals surface area (Å²) in [5.41, 5.74) is 0.0463. The highest BCUT2D eigenvalue weighted by Crippen LogP contribution is 2.30. The number of hydrogen-bond donors (Lipinski definition) is 1. The van der Waals surface area contributed by atoms with E-state index in [-0.39, 0.29) is 6.04 Å². The van der Waals surface area contributed by atoms with Crippen LogP contribution in [-0.4, -0.2) is 32.6 Å². The van der Waals surface area contributed by atoms with Crippen molar-refractivity contribution in [2.45, 2.75) is 12.2 Å². The molecule has 0 saturated carbocycles. The van der Waals surface area contributed by atoms with Gasteiger partial charge in [0.2, 0.25) is 0 Å². The van der Waals surface area contributed by atoms with Crippen molar-refractivity contribution in [3.05, 3.63) is 35.4 Å². The van der Waals surface area contributed by atoms with Crippen LogP contribution in [0.25, 0.3) is 0 Å². The maximum atomic E-state index is 12.6. The molecule has 0 spiro atoms. The zero-order valence-corrected chi connectivity index (χ0v) is 10.2. The van der Waals surface area contributed by atoms with Gasteiger partial charge in [-0.3, -0.25) is 0 Å². The average Bonchev–Trinajstić information content (AvgIpc) is 2.24. The minimum absolute atomic E-state index is 0.104. The molecule has 0 aliphatic carbocycles. The van der Waals surface area contributed by atoms with Gasteiger partial charge in [0.05, 0.1) is 5.56 Å². The Labute approximate surface area is 99.4 Å². The van der Waals surface area contributed by atoms with Crippen molar-refractivity contribution in [1.29, 1.82) is 0 Å². The lowest BCUT2D eigenvalue weighted by Gasteiger charge is -2.21. The Balaban J connectivity index is 2.97. The molecular formula is C12H17F3N2. The predicted octanol–water partition coefficient (Wildman–Crippen LogP) is 2.53. The van der Waals surface area contributed by atoms with Crippen LogP contribution in [0.1, 0.15) is 17.2 Å². The van der Waals surface area contributed by atoms with E-state index in [1.807, 2.05) is 19.0 Å². The van der Waals surface area contributed by atoms with Crippen molar-refractivity contribution in [3.63, 3.8) is 0 Å². The molecule has 0 bridgehead atoms. The molecule has 0 aliphatic rings. The highest BCUT2D eigenvalue weighted by molar-refractivity contribution is 5.28. The van der Waals surface area contributed by atoms with Gasteiger partial charge in [-0.2, -0.15) is 13.2 Å². The zero-order chi connectivity index (χ0) is 13.1. The van der Waals surface area contributed by atoms with Crippen LogP contribution in [0.4, 0.5) is 13.2 Å². The number of hydrogen-bond acceptors (Lipinski definition) is 2. The highest BCUT2D eigenvalue weighted by Gasteiger charge is 2.30. The van der Waals surface area contributed by atoms with Gasteiger partial charge in [-0.15, -0.1) is 0 Å². The highest BCUT2D eigenvalue weighted by atomic mass is 19.4. The predicted molar refractivity (Wildman–Crippen MR) is 61.8 cm³/mol. The second kappa shape index (κ2) is 5.51. The number of likely N-dealkylation sites (N-methyl/N-ethyl adjacent to an activating group) is 2. The topological polar surface area (TPSA) is 15.3 Å². The van der Waals surface area contributed by atoms with E-state index in [0.717, 1.165) is 6.07 Å². The molecule has 1 aromatic rings. The Morgan fingerprint density at radius 2 is 1.94 bits per heavy atom. The van der Waals surface area contributed by atoms with Gasteiger partial charge in [0.15, 0.2) is 0 Å². The number of rotatable bonds is 4. The standard InChI is InChI=1S/C12H17F3N2/c1-16-11(8-17(2)3)9-5-4-6-10(7-9)12(13,14)15/h4-7,11,16H,8H2,1-3H3. The third-order valence-corrected chi connectivity index (χ3v) is 2.51. The van der Waals surface area contributed by atoms with Crippen LogP contribution in [0.2, 0.25) is 0 Å². The summed E-state index contributed by atoms with van der Waals surface area (Å²) in [6, 6.07) is 5.33. The molecule has 1 rings (SSSR count). The summed E-state index contributed by atoms with van der Waals surface area (Å²) in [7, 11) is 5.52. The number of benzene rings is 1. The molecule has 0 aliphatic heterocycles. The molecule has 1 atom stereocenters. The molecule has 0 aromatic heterocycles. The maximum Gasteiger partial charge on any atom is 0.416 e. The van der Waals surface area contributed by atoms with Gasteiger partial charge in [0, 0.05) is 12.6 Å². The third kappa shape index (κ3) is 4.02. The smallest absolute Gasteiger partial charge is 0.312 e. The second-order valence-electron chi connectivity index (χ2n) is 4.23. The molecule has 0 heterocycles. The Morgan fingerprint density at radius 1 is 1.29 bits per heavy atom. The average molecular weight is 246 g/mol. The van der Waals surface area contributed by atoms with Crippen LogP contribution in [-0.2, 0) is 6.18 Å². The normalized spacial score (nSPS) is 14.1. The van der Waals surface area contributed by atoms with E-state index in [2.05, 4.69) is 5.32 Å². The van der Waals surface area contributed by atoms with E-state index in [0.29, 0.717) is 12.1 Å². The minimum Gasteiger partial charge on any atom is -0.312 e. The number of halogens is 3. The molecular weight excluding hydrogens is 229 g/mol. The lowest BCUT2D eigenvalue weighted by molar-refractivity contribution is -0.137. The van der Waals surface area contributed by atoms with Crippen LogP contribution in [0.3, 0.4) is 0 Å². The van der Waals surface area contributed by atoms with Crippen LogP contribution >= 0.6 is 0 Å². The van der Waals surface area contributed by atoms with Gasteiger partial charge < -0.3 is 10.2 Å². The number of nitrogens with one attached hydrogen (secondary N) is 1. The molecule has 0 radical (unpaired) electrons. The Kier molecular flexibility index (Phi) is 4.54. The molecule has 2 nitrogen and oxygen atoms in total. The zero-order valence-electron chi connectivity index (χ0n) is 10.2. The fraction of sp³-hybridized carbons (Fsp3) is 0.500. The fourth-order valence-electron chi connectivity index (χ4n) is 1.66. The van der Waals surface area contributed by atoms with Gasteiger partial charge in [-0.1, -0.05) is 12.1 Å². The van der Waals surface area contributed by atoms with Gasteiger partial charge in [0.25, 0.3) is 0 Å². The second-order valence-corrected chi connectivity index (χ2v) is 4.23. The Hall–Kier alpha value is -1.07. The molecule has 0 amide bonds. The van der Waals surface area contributed by atoms with E-state index in [4.69, 9.17) is 0 Å². The Morgan fingerprint density at radius 3 is 2.41 bits per heavy atom. The summed E-state index contributed by atoms with van der Waals surface area (Å²) in [5, 5.41) is 3.02. The van der Waals surface area contributed by atoms with Crippen LogP contribution in [0.5, 0.6) is 0 Å². The monoisotopic (exact) mass is 246 g/mol. The van der Waals surface area contributed by atoms with Crippen molar-refractivity contribution in [3.8, 4) is 0 Å². The summed E-state index contributed by atoms with van der Waals surface area (Å²) < 4.78 is 37.7. The first-order chi connectivity index (χ1) is 7.84. The third-order valence-electron chi connectivity index (χ3n) is 2.51. The van der Waals surface area contributed by atoms with Crippen molar-refractivity contribution in [2.75, 3.05) is 27.7 Å². The minimum atomic E-state index is -4.29. The van der Waals surface area contributed by atoms with Crippen LogP contribution < -0.4 is 5.32 Å². The molecule has 1 unspecified atom stereocenters. The van der Waals surface area contributed by atoms with E-state index < -0.39 is 11.7 Å². The summed E-state index contributed by atoms with van der Waals surface area (Å²) in [5.74, 6) is 0. The molecule has 1 aromatic carbocycles. The van der Waals surface area contributed by atoms with Gasteiger partial charge in [-0.05, 0) is 38.8 Å². The lowest BCUT2D eigenvalue weighted by atomic mass is 10.0. The molecule has 17 heavy (non-hydrogen) atoms. The quantitative estimate of drug-likeness (QED) is 0.878. The van der Waals surface area contributed by atoms with Crippen molar-refractivity contribution >= 4 is 0 Å². The number of alkyl halides is 3. The van der Waals surface area contributed by atoms with Crippen molar-refractivity contribution in [1.82, 2.24) is 10.2 Å². The van der Waals surface area contributed by atoms with Crippen molar-refractivity contribution in [2.24, 2.45) is 0 Å². The van der Waals surface area contributed by atoms with E-state index in [1.165, 1.54) is 12.1 Å². The first-order valence-corrected chi connectivity index (χ1v) is 5.33. The summed E-state index contributed by atoms with van der Waals surface area (Å²) in [6.07, 6.45) is -4.29. The molecule has 0 fully saturated rings. The molecule has 0 saturated heterocycles. The van der Waals surface area contributed by atoms with Gasteiger partial charge in [0.1, 0.15) is 0 Å². The fourth-order valence-corrected chi connectivity index (χ4v) is 1.66. The van der Waals surface area contributed by atoms with Crippen molar-refractivity contribution < 1.29 is 13.2 Å². The first-order valence-electron chi connectivity index (χ1n) is 5.33. The maximum absolute atomic E-state index is 12.6. The largest absolute Gasteiger partial charge is 0.416 e. The summed E-state index contributed by atoms with van der Waals surface area (Å²) in [6.45, 7) is 0.651. The van der Waals surface area contributed by atoms with Gasteiger partial charge >= 0.3 is 6.18 Å². The molecule has 1 N–H and O–H groups in total. The van der Waals surface area contributed by atoms with Crippen LogP contribution in [0.15, 0.2) is 24.3 Å². The number of nitrogens with zero attached hydrogens (tertiary/aromatic N) is 1. The molecule has 5 heteroatoms. The van der Waals surface area contributed by atoms with Gasteiger partial charge in [-0.25, -0.2) is 0 Å². The van der Waals surface area contributed by atoms with Crippen LogP contribution in [0, 0.1) is 0 Å². The van der Waals surface area contributed by atoms with E-state index >= 15 is 0 Å². The Bertz CT molecular complexity index is 361. The lowest BCUT2D eigenvalue weighted by Crippen LogP contribution is -2.29.